The van der Waals surface area contributed by atoms with E-state index < -0.39 is 0 Å². The van der Waals surface area contributed by atoms with Crippen LogP contribution in [-0.2, 0) is 6.42 Å². The first kappa shape index (κ1) is 21.3. The Morgan fingerprint density at radius 1 is 0.583 bits per heavy atom. The molecule has 1 aromatic carbocycles. The molecule has 0 aliphatic rings. The predicted molar refractivity (Wildman–Crippen MR) is 107 cm³/mol. The van der Waals surface area contributed by atoms with Gasteiger partial charge in [-0.25, -0.2) is 0 Å². The van der Waals surface area contributed by atoms with Crippen molar-refractivity contribution in [1.29, 1.82) is 0 Å². The first-order valence-corrected chi connectivity index (χ1v) is 10.8. The lowest BCUT2D eigenvalue weighted by Gasteiger charge is -2.04. The summed E-state index contributed by atoms with van der Waals surface area (Å²) >= 11 is 0. The van der Waals surface area contributed by atoms with Gasteiger partial charge in [-0.15, -0.1) is 0 Å². The van der Waals surface area contributed by atoms with Gasteiger partial charge in [-0.3, -0.25) is 0 Å². The van der Waals surface area contributed by atoms with E-state index in [0.29, 0.717) is 0 Å². The Hall–Kier alpha value is -0.780. The van der Waals surface area contributed by atoms with Gasteiger partial charge in [0.1, 0.15) is 0 Å². The molecule has 0 aliphatic carbocycles. The summed E-state index contributed by atoms with van der Waals surface area (Å²) in [5.74, 6) is 0. The topological polar surface area (TPSA) is 0 Å². The Morgan fingerprint density at radius 2 is 1.04 bits per heavy atom. The Balaban J connectivity index is 1.70. The molecular formula is C24H40. The maximum absolute atomic E-state index is 3.04. The summed E-state index contributed by atoms with van der Waals surface area (Å²) in [5.41, 5.74) is 1.42. The predicted octanol–water partition coefficient (Wildman–Crippen LogP) is 8.09. The molecule has 0 heterocycles. The highest BCUT2D eigenvalue weighted by molar-refractivity contribution is 5.12. The van der Waals surface area contributed by atoms with Crippen molar-refractivity contribution in [3.05, 3.63) is 35.9 Å². The molecule has 1 aromatic rings. The van der Waals surface area contributed by atoms with Gasteiger partial charge in [0.25, 0.3) is 0 Å². The van der Waals surface area contributed by atoms with E-state index in [-0.39, 0.29) is 0 Å². The van der Waals surface area contributed by atoms with Crippen LogP contribution in [0, 0.1) is 12.1 Å². The Bertz CT molecular complexity index is 340. The molecular weight excluding hydrogens is 288 g/mol. The molecule has 24 heavy (non-hydrogen) atoms. The molecule has 0 fully saturated rings. The van der Waals surface area contributed by atoms with Crippen LogP contribution in [0.3, 0.4) is 0 Å². The van der Waals surface area contributed by atoms with Crippen LogP contribution < -0.4 is 0 Å². The van der Waals surface area contributed by atoms with Crippen LogP contribution >= 0.6 is 0 Å². The van der Waals surface area contributed by atoms with Crippen molar-refractivity contribution >= 4 is 0 Å². The molecule has 0 heteroatoms. The van der Waals surface area contributed by atoms with Crippen LogP contribution in [0.1, 0.15) is 115 Å². The van der Waals surface area contributed by atoms with Gasteiger partial charge in [0.15, 0.2) is 0 Å². The summed E-state index contributed by atoms with van der Waals surface area (Å²) in [6, 6.07) is 12.2. The van der Waals surface area contributed by atoms with E-state index >= 15 is 0 Å². The number of unbranched alkanes of at least 4 members (excludes halogenated alkanes) is 15. The number of hydrogen-bond acceptors (Lipinski definition) is 0. The van der Waals surface area contributed by atoms with Crippen molar-refractivity contribution in [2.45, 2.75) is 116 Å². The third-order valence-corrected chi connectivity index (χ3v) is 5.04. The fourth-order valence-corrected chi connectivity index (χ4v) is 3.41. The monoisotopic (exact) mass is 328 g/mol. The van der Waals surface area contributed by atoms with Gasteiger partial charge >= 0.3 is 0 Å². The van der Waals surface area contributed by atoms with Crippen molar-refractivity contribution in [2.24, 2.45) is 0 Å². The van der Waals surface area contributed by atoms with E-state index in [2.05, 4.69) is 31.2 Å². The normalized spacial score (nSPS) is 11.0. The summed E-state index contributed by atoms with van der Waals surface area (Å²) in [4.78, 5) is 0. The fourth-order valence-electron chi connectivity index (χ4n) is 3.41. The Labute approximate surface area is 152 Å². The standard InChI is InChI=1S/C24H40/c1-2-3-4-5-6-7-8-9-10-11-12-13-14-15-16-18-21-24-22-19-17-20-23-24/h19,22-23H,2-16,18,21H2,1H3. The highest BCUT2D eigenvalue weighted by Gasteiger charge is 1.95. The van der Waals surface area contributed by atoms with Crippen molar-refractivity contribution in [3.63, 3.8) is 0 Å². The average molecular weight is 329 g/mol. The van der Waals surface area contributed by atoms with Crippen LogP contribution in [0.2, 0.25) is 0 Å². The second kappa shape index (κ2) is 17.1. The highest BCUT2D eigenvalue weighted by Crippen LogP contribution is 2.14. The largest absolute Gasteiger partial charge is 0.0654 e. The number of hydrogen-bond donors (Lipinski definition) is 0. The van der Waals surface area contributed by atoms with E-state index in [4.69, 9.17) is 0 Å². The number of benzene rings is 1. The molecule has 0 nitrogen and oxygen atoms in total. The molecule has 0 saturated heterocycles. The minimum atomic E-state index is 1.21. The number of aryl methyl sites for hydroxylation is 1. The quantitative estimate of drug-likeness (QED) is 0.253. The van der Waals surface area contributed by atoms with Crippen LogP contribution in [0.25, 0.3) is 0 Å². The van der Waals surface area contributed by atoms with E-state index in [1.54, 1.807) is 0 Å². The van der Waals surface area contributed by atoms with Crippen molar-refractivity contribution < 1.29 is 0 Å². The molecule has 0 spiro atoms. The van der Waals surface area contributed by atoms with E-state index in [1.807, 2.05) is 6.07 Å². The van der Waals surface area contributed by atoms with Gasteiger partial charge in [0.2, 0.25) is 0 Å². The van der Waals surface area contributed by atoms with E-state index in [0.717, 1.165) is 0 Å². The van der Waals surface area contributed by atoms with Gasteiger partial charge in [0, 0.05) is 0 Å². The van der Waals surface area contributed by atoms with Crippen LogP contribution in [0.5, 0.6) is 0 Å². The summed E-state index contributed by atoms with van der Waals surface area (Å²) in [6.45, 7) is 2.29. The summed E-state index contributed by atoms with van der Waals surface area (Å²) in [5, 5.41) is 0. The maximum atomic E-state index is 3.04. The molecule has 0 bridgehead atoms. The van der Waals surface area contributed by atoms with Gasteiger partial charge in [-0.1, -0.05) is 121 Å². The number of rotatable bonds is 17. The molecule has 0 aliphatic heterocycles. The second-order valence-corrected chi connectivity index (χ2v) is 7.39. The zero-order valence-electron chi connectivity index (χ0n) is 16.3. The molecule has 0 N–H and O–H groups in total. The zero-order valence-corrected chi connectivity index (χ0v) is 16.3. The highest BCUT2D eigenvalue weighted by atomic mass is 14.0. The molecule has 0 amide bonds. The fraction of sp³-hybridized carbons (Fsp3) is 0.750. The first-order chi connectivity index (χ1) is 11.9. The minimum absolute atomic E-state index is 1.21. The Kier molecular flexibility index (Phi) is 15.1. The molecule has 0 atom stereocenters. The van der Waals surface area contributed by atoms with E-state index in [1.165, 1.54) is 115 Å². The van der Waals surface area contributed by atoms with E-state index in [9.17, 15) is 0 Å². The molecule has 2 radical (unpaired) electrons. The second-order valence-electron chi connectivity index (χ2n) is 7.39. The third kappa shape index (κ3) is 13.6. The minimum Gasteiger partial charge on any atom is -0.0654 e. The van der Waals surface area contributed by atoms with Crippen molar-refractivity contribution in [2.75, 3.05) is 0 Å². The molecule has 0 aromatic heterocycles. The van der Waals surface area contributed by atoms with Crippen LogP contribution in [-0.4, -0.2) is 0 Å². The average Bonchev–Trinajstić information content (AvgIpc) is 2.62. The molecule has 136 valence electrons. The molecule has 0 saturated carbocycles. The molecule has 1 rings (SSSR count). The summed E-state index contributed by atoms with van der Waals surface area (Å²) in [6.07, 6.45) is 24.2. The lowest BCUT2D eigenvalue weighted by molar-refractivity contribution is 0.529. The lowest BCUT2D eigenvalue weighted by atomic mass is 10.0. The van der Waals surface area contributed by atoms with Gasteiger partial charge in [-0.2, -0.15) is 0 Å². The zero-order chi connectivity index (χ0) is 17.1. The van der Waals surface area contributed by atoms with Gasteiger partial charge in [-0.05, 0) is 30.5 Å². The van der Waals surface area contributed by atoms with Crippen LogP contribution in [0.4, 0.5) is 0 Å². The maximum Gasteiger partial charge on any atom is -0.00961 e. The van der Waals surface area contributed by atoms with Gasteiger partial charge < -0.3 is 0 Å². The smallest absolute Gasteiger partial charge is 0.00961 e. The summed E-state index contributed by atoms with van der Waals surface area (Å²) < 4.78 is 0. The lowest BCUT2D eigenvalue weighted by Crippen LogP contribution is -1.86. The summed E-state index contributed by atoms with van der Waals surface area (Å²) in [7, 11) is 0. The van der Waals surface area contributed by atoms with Crippen LogP contribution in [0.15, 0.2) is 18.2 Å². The third-order valence-electron chi connectivity index (χ3n) is 5.04. The Morgan fingerprint density at radius 3 is 1.46 bits per heavy atom. The van der Waals surface area contributed by atoms with Crippen molar-refractivity contribution in [3.8, 4) is 0 Å². The van der Waals surface area contributed by atoms with Gasteiger partial charge in [0.05, 0.1) is 0 Å². The molecule has 0 unspecified atom stereocenters. The van der Waals surface area contributed by atoms with Crippen molar-refractivity contribution in [1.82, 2.24) is 0 Å². The SMILES string of the molecule is CCCCCCCCCCCCCCCCCCc1c[c][c]cc1. The first-order valence-electron chi connectivity index (χ1n) is 10.8.